The van der Waals surface area contributed by atoms with Gasteiger partial charge in [-0.2, -0.15) is 0 Å². The Balaban J connectivity index is 1.40. The number of ether oxygens (including phenoxy) is 1. The third-order valence-electron chi connectivity index (χ3n) is 4.76. The van der Waals surface area contributed by atoms with Gasteiger partial charge < -0.3 is 9.64 Å². The number of rotatable bonds is 3. The number of fused-ring (bicyclic) bond motifs is 1. The molecule has 2 aromatic carbocycles. The first-order valence-electron chi connectivity index (χ1n) is 8.78. The zero-order chi connectivity index (χ0) is 19.0. The summed E-state index contributed by atoms with van der Waals surface area (Å²) in [4.78, 5) is 19.1. The Morgan fingerprint density at radius 3 is 2.74 bits per heavy atom. The standard InChI is InChI=1S/C20H18Cl2N2O2S/c1-12-3-2-4-17-18(12)23-20(27-17)26-14-7-9-24(10-8-14)19(25)15-11-13(21)5-6-16(15)22/h2-6,11,14H,7-10H2,1H3. The van der Waals surface area contributed by atoms with E-state index in [4.69, 9.17) is 27.9 Å². The Hall–Kier alpha value is -1.82. The normalized spacial score (nSPS) is 15.3. The number of amides is 1. The smallest absolute Gasteiger partial charge is 0.274 e. The number of carbonyl (C=O) groups excluding carboxylic acids is 1. The first-order valence-corrected chi connectivity index (χ1v) is 10.4. The van der Waals surface area contributed by atoms with Gasteiger partial charge >= 0.3 is 0 Å². The molecule has 3 aromatic rings. The molecular formula is C20H18Cl2N2O2S. The van der Waals surface area contributed by atoms with Gasteiger partial charge in [-0.3, -0.25) is 4.79 Å². The van der Waals surface area contributed by atoms with Gasteiger partial charge in [-0.05, 0) is 36.8 Å². The van der Waals surface area contributed by atoms with Crippen LogP contribution in [0.1, 0.15) is 28.8 Å². The van der Waals surface area contributed by atoms with E-state index in [0.29, 0.717) is 33.9 Å². The van der Waals surface area contributed by atoms with Crippen molar-refractivity contribution in [3.8, 4) is 5.19 Å². The van der Waals surface area contributed by atoms with Gasteiger partial charge in [-0.15, -0.1) is 0 Å². The van der Waals surface area contributed by atoms with Crippen LogP contribution in [0.2, 0.25) is 10.0 Å². The third-order valence-corrected chi connectivity index (χ3v) is 6.23. The van der Waals surface area contributed by atoms with Crippen molar-refractivity contribution in [3.63, 3.8) is 0 Å². The molecule has 1 fully saturated rings. The van der Waals surface area contributed by atoms with Crippen molar-refractivity contribution in [2.45, 2.75) is 25.9 Å². The monoisotopic (exact) mass is 420 g/mol. The highest BCUT2D eigenvalue weighted by atomic mass is 35.5. The molecule has 1 aliphatic rings. The van der Waals surface area contributed by atoms with E-state index in [1.165, 1.54) is 0 Å². The number of aryl methyl sites for hydroxylation is 1. The van der Waals surface area contributed by atoms with Gasteiger partial charge in [0.25, 0.3) is 11.1 Å². The fraction of sp³-hybridized carbons (Fsp3) is 0.300. The van der Waals surface area contributed by atoms with Gasteiger partial charge in [0.05, 0.1) is 20.8 Å². The Kier molecular flexibility index (Phi) is 5.26. The fourth-order valence-electron chi connectivity index (χ4n) is 3.27. The molecular weight excluding hydrogens is 403 g/mol. The van der Waals surface area contributed by atoms with Crippen LogP contribution >= 0.6 is 34.5 Å². The van der Waals surface area contributed by atoms with E-state index < -0.39 is 0 Å². The van der Waals surface area contributed by atoms with Crippen molar-refractivity contribution >= 4 is 50.7 Å². The molecule has 0 bridgehead atoms. The van der Waals surface area contributed by atoms with Crippen molar-refractivity contribution in [3.05, 3.63) is 57.6 Å². The van der Waals surface area contributed by atoms with Gasteiger partial charge in [0.2, 0.25) is 0 Å². The highest BCUT2D eigenvalue weighted by Gasteiger charge is 2.26. The first kappa shape index (κ1) is 18.5. The van der Waals surface area contributed by atoms with E-state index in [9.17, 15) is 4.79 Å². The molecule has 1 aliphatic heterocycles. The average molecular weight is 421 g/mol. The van der Waals surface area contributed by atoms with Crippen LogP contribution < -0.4 is 4.74 Å². The Labute approximate surface area is 171 Å². The zero-order valence-electron chi connectivity index (χ0n) is 14.7. The molecule has 7 heteroatoms. The molecule has 1 saturated heterocycles. The Bertz CT molecular complexity index is 997. The molecule has 4 nitrogen and oxygen atoms in total. The molecule has 0 N–H and O–H groups in total. The van der Waals surface area contributed by atoms with Crippen LogP contribution in [-0.4, -0.2) is 35.0 Å². The summed E-state index contributed by atoms with van der Waals surface area (Å²) in [6.07, 6.45) is 1.59. The van der Waals surface area contributed by atoms with E-state index in [1.54, 1.807) is 34.4 Å². The van der Waals surface area contributed by atoms with E-state index in [0.717, 1.165) is 28.6 Å². The Morgan fingerprint density at radius 1 is 1.22 bits per heavy atom. The van der Waals surface area contributed by atoms with Gasteiger partial charge in [-0.25, -0.2) is 4.98 Å². The van der Waals surface area contributed by atoms with Crippen LogP contribution in [0.5, 0.6) is 5.19 Å². The number of piperidine rings is 1. The summed E-state index contributed by atoms with van der Waals surface area (Å²) in [6, 6.07) is 11.1. The molecule has 0 unspecified atom stereocenters. The minimum absolute atomic E-state index is 0.0600. The number of benzene rings is 2. The second-order valence-corrected chi connectivity index (χ2v) is 8.47. The number of aromatic nitrogens is 1. The summed E-state index contributed by atoms with van der Waals surface area (Å²) in [7, 11) is 0. The summed E-state index contributed by atoms with van der Waals surface area (Å²) in [5.74, 6) is -0.0865. The van der Waals surface area contributed by atoms with Crippen LogP contribution in [0.15, 0.2) is 36.4 Å². The third kappa shape index (κ3) is 3.91. The number of thiazole rings is 1. The van der Waals surface area contributed by atoms with Crippen LogP contribution in [0, 0.1) is 6.92 Å². The molecule has 27 heavy (non-hydrogen) atoms. The van der Waals surface area contributed by atoms with Gasteiger partial charge in [0, 0.05) is 31.0 Å². The van der Waals surface area contributed by atoms with E-state index in [2.05, 4.69) is 24.0 Å². The summed E-state index contributed by atoms with van der Waals surface area (Å²) >= 11 is 13.7. The SMILES string of the molecule is Cc1cccc2sc(OC3CCN(C(=O)c4cc(Cl)ccc4Cl)CC3)nc12. The molecule has 140 valence electrons. The first-order chi connectivity index (χ1) is 13.0. The molecule has 0 aliphatic carbocycles. The lowest BCUT2D eigenvalue weighted by Crippen LogP contribution is -2.41. The fourth-order valence-corrected chi connectivity index (χ4v) is 4.60. The summed E-state index contributed by atoms with van der Waals surface area (Å²) in [6.45, 7) is 3.30. The van der Waals surface area contributed by atoms with Crippen LogP contribution in [0.25, 0.3) is 10.2 Å². The summed E-state index contributed by atoms with van der Waals surface area (Å²) in [5, 5.41) is 1.63. The van der Waals surface area contributed by atoms with Crippen LogP contribution in [0.4, 0.5) is 0 Å². The average Bonchev–Trinajstić information content (AvgIpc) is 3.08. The Morgan fingerprint density at radius 2 is 2.00 bits per heavy atom. The molecule has 1 amide bonds. The lowest BCUT2D eigenvalue weighted by molar-refractivity contribution is 0.0595. The quantitative estimate of drug-likeness (QED) is 0.553. The van der Waals surface area contributed by atoms with Crippen LogP contribution in [-0.2, 0) is 0 Å². The van der Waals surface area contributed by atoms with E-state index >= 15 is 0 Å². The number of likely N-dealkylation sites (tertiary alicyclic amines) is 1. The van der Waals surface area contributed by atoms with Gasteiger partial charge in [-0.1, -0.05) is 46.7 Å². The summed E-state index contributed by atoms with van der Waals surface area (Å²) < 4.78 is 7.23. The lowest BCUT2D eigenvalue weighted by Gasteiger charge is -2.31. The minimum atomic E-state index is -0.0865. The molecule has 0 saturated carbocycles. The predicted octanol–water partition coefficient (Wildman–Crippen LogP) is 5.60. The molecule has 4 rings (SSSR count). The summed E-state index contributed by atoms with van der Waals surface area (Å²) in [5.41, 5.74) is 2.60. The highest BCUT2D eigenvalue weighted by molar-refractivity contribution is 7.20. The highest BCUT2D eigenvalue weighted by Crippen LogP contribution is 2.31. The number of nitrogens with zero attached hydrogens (tertiary/aromatic N) is 2. The molecule has 0 radical (unpaired) electrons. The topological polar surface area (TPSA) is 42.4 Å². The number of hydrogen-bond donors (Lipinski definition) is 0. The van der Waals surface area contributed by atoms with Gasteiger partial charge in [0.15, 0.2) is 0 Å². The molecule has 0 atom stereocenters. The number of para-hydroxylation sites is 1. The second kappa shape index (κ2) is 7.66. The van der Waals surface area contributed by atoms with Crippen molar-refractivity contribution in [1.29, 1.82) is 0 Å². The zero-order valence-corrected chi connectivity index (χ0v) is 17.1. The largest absolute Gasteiger partial charge is 0.467 e. The number of halogens is 2. The molecule has 1 aromatic heterocycles. The second-order valence-electron chi connectivity index (χ2n) is 6.64. The maximum absolute atomic E-state index is 12.7. The van der Waals surface area contributed by atoms with Gasteiger partial charge in [0.1, 0.15) is 6.10 Å². The number of carbonyl (C=O) groups is 1. The molecule has 2 heterocycles. The van der Waals surface area contributed by atoms with Crippen molar-refractivity contribution in [1.82, 2.24) is 9.88 Å². The van der Waals surface area contributed by atoms with Crippen molar-refractivity contribution < 1.29 is 9.53 Å². The molecule has 0 spiro atoms. The van der Waals surface area contributed by atoms with Crippen molar-refractivity contribution in [2.24, 2.45) is 0 Å². The predicted molar refractivity (Wildman–Crippen MR) is 110 cm³/mol. The van der Waals surface area contributed by atoms with Crippen LogP contribution in [0.3, 0.4) is 0 Å². The number of hydrogen-bond acceptors (Lipinski definition) is 4. The van der Waals surface area contributed by atoms with E-state index in [-0.39, 0.29) is 12.0 Å². The lowest BCUT2D eigenvalue weighted by atomic mass is 10.1. The van der Waals surface area contributed by atoms with Crippen molar-refractivity contribution in [2.75, 3.05) is 13.1 Å². The maximum Gasteiger partial charge on any atom is 0.274 e. The minimum Gasteiger partial charge on any atom is -0.467 e. The maximum atomic E-state index is 12.7. The van der Waals surface area contributed by atoms with E-state index in [1.807, 2.05) is 6.07 Å².